The van der Waals surface area contributed by atoms with Crippen molar-refractivity contribution >= 4 is 28.9 Å². The second kappa shape index (κ2) is 9.68. The third kappa shape index (κ3) is 5.04. The molecule has 10 heteroatoms. The number of hydrogen-bond acceptors (Lipinski definition) is 7. The van der Waals surface area contributed by atoms with Crippen LogP contribution >= 0.6 is 0 Å². The van der Waals surface area contributed by atoms with E-state index in [1.165, 1.54) is 7.11 Å². The number of benzene rings is 2. The van der Waals surface area contributed by atoms with Crippen molar-refractivity contribution < 1.29 is 33.7 Å². The molecule has 196 valence electrons. The largest absolute Gasteiger partial charge is 0.505 e. The first-order valence-corrected chi connectivity index (χ1v) is 11.9. The van der Waals surface area contributed by atoms with Gasteiger partial charge >= 0.3 is 17.9 Å². The molecule has 0 amide bonds. The maximum absolute atomic E-state index is 12.3. The van der Waals surface area contributed by atoms with Gasteiger partial charge in [-0.2, -0.15) is 0 Å². The van der Waals surface area contributed by atoms with Crippen molar-refractivity contribution in [3.05, 3.63) is 59.2 Å². The van der Waals surface area contributed by atoms with Gasteiger partial charge in [0.1, 0.15) is 35.7 Å². The molecule has 0 saturated heterocycles. The van der Waals surface area contributed by atoms with E-state index in [0.717, 1.165) is 22.2 Å². The fourth-order valence-corrected chi connectivity index (χ4v) is 4.07. The van der Waals surface area contributed by atoms with Crippen LogP contribution < -0.4 is 0 Å². The number of phenolic OH excluding ortho intramolecular Hbond substituents is 1. The van der Waals surface area contributed by atoms with Gasteiger partial charge in [0.05, 0.1) is 12.7 Å². The van der Waals surface area contributed by atoms with Crippen molar-refractivity contribution in [2.24, 2.45) is 0 Å². The molecular formula is C27H31N3O7. The zero-order chi connectivity index (χ0) is 27.1. The molecule has 0 fully saturated rings. The number of methoxy groups -OCH3 is 1. The van der Waals surface area contributed by atoms with Crippen LogP contribution in [0.2, 0.25) is 0 Å². The number of phenols is 1. The van der Waals surface area contributed by atoms with Gasteiger partial charge in [-0.25, -0.2) is 9.59 Å². The Bertz CT molecular complexity index is 1500. The van der Waals surface area contributed by atoms with Gasteiger partial charge in [0, 0.05) is 17.6 Å². The zero-order valence-electron chi connectivity index (χ0n) is 21.7. The Morgan fingerprint density at radius 2 is 1.68 bits per heavy atom. The van der Waals surface area contributed by atoms with Gasteiger partial charge in [0.25, 0.3) is 0 Å². The van der Waals surface area contributed by atoms with Gasteiger partial charge in [-0.05, 0) is 48.6 Å². The number of esters is 3. The highest BCUT2D eigenvalue weighted by Gasteiger charge is 2.30. The molecule has 10 nitrogen and oxygen atoms in total. The number of hydrogen-bond donors (Lipinski definition) is 1. The molecule has 0 saturated carbocycles. The van der Waals surface area contributed by atoms with E-state index in [1.54, 1.807) is 19.1 Å². The fraction of sp³-hybridized carbons (Fsp3) is 0.370. The smallest absolute Gasteiger partial charge is 0.337 e. The SMILES string of the molecule is C=C(C)C(=O)OCCOC(=O)CCc1cc(-n2n3c4ccc(C(=O)OC)cc4n23)c(O)c(C(C)(C)C)c1. The molecule has 2 heterocycles. The summed E-state index contributed by atoms with van der Waals surface area (Å²) in [6, 6.07) is 9.01. The summed E-state index contributed by atoms with van der Waals surface area (Å²) in [6.07, 6.45) is 0.520. The lowest BCUT2D eigenvalue weighted by atomic mass is 9.84. The quantitative estimate of drug-likeness (QED) is 0.158. The molecule has 4 rings (SSSR count). The topological polar surface area (TPSA) is 113 Å². The van der Waals surface area contributed by atoms with Crippen LogP contribution in [0.15, 0.2) is 42.5 Å². The van der Waals surface area contributed by atoms with Crippen molar-refractivity contribution in [3.8, 4) is 11.4 Å². The van der Waals surface area contributed by atoms with E-state index >= 15 is 0 Å². The van der Waals surface area contributed by atoms with Crippen molar-refractivity contribution in [2.45, 2.75) is 46.0 Å². The third-order valence-electron chi connectivity index (χ3n) is 6.05. The van der Waals surface area contributed by atoms with Gasteiger partial charge in [-0.3, -0.25) is 4.79 Å². The van der Waals surface area contributed by atoms with Gasteiger partial charge in [-0.15, -0.1) is 14.1 Å². The number of carbonyl (C=O) groups excluding carboxylic acids is 3. The molecule has 0 spiro atoms. The Hall–Kier alpha value is -4.21. The monoisotopic (exact) mass is 509 g/mol. The molecule has 0 aliphatic rings. The first-order chi connectivity index (χ1) is 17.4. The predicted molar refractivity (Wildman–Crippen MR) is 136 cm³/mol. The van der Waals surface area contributed by atoms with Gasteiger partial charge in [0.15, 0.2) is 0 Å². The third-order valence-corrected chi connectivity index (χ3v) is 6.05. The molecule has 0 aliphatic heterocycles. The average molecular weight is 510 g/mol. The Morgan fingerprint density at radius 1 is 1.00 bits per heavy atom. The molecule has 37 heavy (non-hydrogen) atoms. The summed E-state index contributed by atoms with van der Waals surface area (Å²) in [5.74, 6) is -1.22. The highest BCUT2D eigenvalue weighted by atomic mass is 16.6. The number of nitrogens with zero attached hydrogens (tertiary/aromatic N) is 3. The lowest BCUT2D eigenvalue weighted by Crippen LogP contribution is -2.15. The first-order valence-electron chi connectivity index (χ1n) is 11.9. The predicted octanol–water partition coefficient (Wildman–Crippen LogP) is 3.81. The number of aromatic nitrogens is 3. The molecular weight excluding hydrogens is 478 g/mol. The van der Waals surface area contributed by atoms with Crippen LogP contribution in [0.25, 0.3) is 16.7 Å². The summed E-state index contributed by atoms with van der Waals surface area (Å²) in [5, 5.41) is 11.2. The van der Waals surface area contributed by atoms with E-state index in [9.17, 15) is 19.5 Å². The lowest BCUT2D eigenvalue weighted by Gasteiger charge is -2.22. The van der Waals surface area contributed by atoms with E-state index in [0.29, 0.717) is 17.7 Å². The summed E-state index contributed by atoms with van der Waals surface area (Å²) in [4.78, 5) is 37.4. The lowest BCUT2D eigenvalue weighted by molar-refractivity contribution is -0.150. The van der Waals surface area contributed by atoms with Crippen LogP contribution in [0.5, 0.6) is 5.75 Å². The van der Waals surface area contributed by atoms with E-state index in [2.05, 4.69) is 6.58 Å². The van der Waals surface area contributed by atoms with Crippen molar-refractivity contribution in [1.82, 2.24) is 14.1 Å². The number of fused-ring (bicyclic) bond motifs is 4. The van der Waals surface area contributed by atoms with E-state index < -0.39 is 17.9 Å². The van der Waals surface area contributed by atoms with Crippen LogP contribution in [0.3, 0.4) is 0 Å². The second-order valence-electron chi connectivity index (χ2n) is 9.96. The normalized spacial score (nSPS) is 11.8. The maximum Gasteiger partial charge on any atom is 0.337 e. The molecule has 0 atom stereocenters. The number of rotatable bonds is 9. The number of aromatic hydroxyl groups is 1. The van der Waals surface area contributed by atoms with Crippen LogP contribution in [0.4, 0.5) is 0 Å². The van der Waals surface area contributed by atoms with E-state index in [1.807, 2.05) is 53.0 Å². The van der Waals surface area contributed by atoms with Gasteiger partial charge < -0.3 is 19.3 Å². The van der Waals surface area contributed by atoms with Gasteiger partial charge in [0.2, 0.25) is 0 Å². The standard InChI is InChI=1S/C27H31N3O7/c1-16(2)25(33)37-12-11-36-23(31)10-7-17-13-19(27(3,4)5)24(32)22(14-17)30-28-20-9-8-18(26(34)35-6)15-21(20)29(28)30/h8-9,13-15,32H,1,7,10-12H2,2-6H3. The summed E-state index contributed by atoms with van der Waals surface area (Å²) in [5.41, 5.74) is 4.25. The molecule has 2 aromatic heterocycles. The second-order valence-corrected chi connectivity index (χ2v) is 9.96. The minimum absolute atomic E-state index is 0.0323. The first kappa shape index (κ1) is 25.9. The van der Waals surface area contributed by atoms with Crippen LogP contribution in [-0.2, 0) is 35.6 Å². The highest BCUT2D eigenvalue weighted by Crippen LogP contribution is 2.39. The van der Waals surface area contributed by atoms with E-state index in [-0.39, 0.29) is 36.4 Å². The Balaban J connectivity index is 1.54. The summed E-state index contributed by atoms with van der Waals surface area (Å²) in [6.45, 7) is 11.0. The van der Waals surface area contributed by atoms with Crippen molar-refractivity contribution in [3.63, 3.8) is 0 Å². The van der Waals surface area contributed by atoms with Crippen molar-refractivity contribution in [2.75, 3.05) is 20.3 Å². The molecule has 0 unspecified atom stereocenters. The van der Waals surface area contributed by atoms with Crippen LogP contribution in [0.1, 0.15) is 55.6 Å². The molecule has 1 N–H and O–H groups in total. The fourth-order valence-electron chi connectivity index (χ4n) is 4.07. The Labute approximate surface area is 213 Å². The zero-order valence-corrected chi connectivity index (χ0v) is 21.7. The summed E-state index contributed by atoms with van der Waals surface area (Å²) in [7, 11) is 1.34. The Morgan fingerprint density at radius 3 is 2.32 bits per heavy atom. The number of carbonyl (C=O) groups is 3. The molecule has 2 aromatic carbocycles. The van der Waals surface area contributed by atoms with Crippen LogP contribution in [0, 0.1) is 0 Å². The van der Waals surface area contributed by atoms with Gasteiger partial charge in [-0.1, -0.05) is 33.4 Å². The molecule has 0 bridgehead atoms. The average Bonchev–Trinajstić information content (AvgIpc) is 3.51. The van der Waals surface area contributed by atoms with Crippen molar-refractivity contribution in [1.29, 1.82) is 0 Å². The minimum atomic E-state index is -0.526. The molecule has 0 aliphatic carbocycles. The molecule has 0 radical (unpaired) electrons. The summed E-state index contributed by atoms with van der Waals surface area (Å²) < 4.78 is 18.6. The number of aryl methyl sites for hydroxylation is 1. The number of ether oxygens (including phenoxy) is 3. The molecule has 4 aromatic rings. The maximum atomic E-state index is 12.3. The van der Waals surface area contributed by atoms with Crippen LogP contribution in [-0.4, -0.2) is 57.4 Å². The summed E-state index contributed by atoms with van der Waals surface area (Å²) >= 11 is 0. The highest BCUT2D eigenvalue weighted by molar-refractivity contribution is 5.94. The Kier molecular flexibility index (Phi) is 6.77. The minimum Gasteiger partial charge on any atom is -0.505 e. The van der Waals surface area contributed by atoms with E-state index in [4.69, 9.17) is 14.2 Å².